The molecule has 0 spiro atoms. The second-order valence-corrected chi connectivity index (χ2v) is 4.60. The van der Waals surface area contributed by atoms with E-state index in [1.165, 1.54) is 18.2 Å². The van der Waals surface area contributed by atoms with Gasteiger partial charge in [0.1, 0.15) is 11.6 Å². The summed E-state index contributed by atoms with van der Waals surface area (Å²) >= 11 is 0. The Bertz CT molecular complexity index is 377. The van der Waals surface area contributed by atoms with Crippen molar-refractivity contribution in [3.05, 3.63) is 35.4 Å². The van der Waals surface area contributed by atoms with Crippen LogP contribution < -0.4 is 5.32 Å². The number of halogens is 2. The van der Waals surface area contributed by atoms with Gasteiger partial charge in [-0.3, -0.25) is 0 Å². The van der Waals surface area contributed by atoms with E-state index in [9.17, 15) is 8.78 Å². The van der Waals surface area contributed by atoms with Crippen LogP contribution in [0.1, 0.15) is 19.4 Å². The fourth-order valence-electron chi connectivity index (χ4n) is 2.12. The SMILES string of the molecule is COC(OC)C(C)NC(C)Cc1c(F)cccc1F. The van der Waals surface area contributed by atoms with Crippen molar-refractivity contribution in [1.82, 2.24) is 5.32 Å². The molecule has 5 heteroatoms. The molecule has 0 amide bonds. The lowest BCUT2D eigenvalue weighted by molar-refractivity contribution is -0.120. The molecule has 3 nitrogen and oxygen atoms in total. The van der Waals surface area contributed by atoms with E-state index in [1.807, 2.05) is 13.8 Å². The van der Waals surface area contributed by atoms with Crippen LogP contribution in [-0.4, -0.2) is 32.6 Å². The third-order valence-electron chi connectivity index (χ3n) is 2.99. The predicted molar refractivity (Wildman–Crippen MR) is 69.9 cm³/mol. The van der Waals surface area contributed by atoms with Crippen LogP contribution in [0.4, 0.5) is 8.78 Å². The van der Waals surface area contributed by atoms with E-state index in [2.05, 4.69) is 5.32 Å². The second kappa shape index (κ2) is 7.53. The Kier molecular flexibility index (Phi) is 6.34. The van der Waals surface area contributed by atoms with Gasteiger partial charge in [-0.25, -0.2) is 8.78 Å². The van der Waals surface area contributed by atoms with Crippen molar-refractivity contribution in [3.63, 3.8) is 0 Å². The topological polar surface area (TPSA) is 30.5 Å². The van der Waals surface area contributed by atoms with Gasteiger partial charge in [0.05, 0.1) is 6.04 Å². The molecule has 0 aromatic heterocycles. The summed E-state index contributed by atoms with van der Waals surface area (Å²) in [6, 6.07) is 3.71. The van der Waals surface area contributed by atoms with Crippen molar-refractivity contribution < 1.29 is 18.3 Å². The molecule has 108 valence electrons. The molecular weight excluding hydrogens is 252 g/mol. The van der Waals surface area contributed by atoms with Gasteiger partial charge in [0.25, 0.3) is 0 Å². The number of methoxy groups -OCH3 is 2. The van der Waals surface area contributed by atoms with Crippen molar-refractivity contribution in [3.8, 4) is 0 Å². The number of hydrogen-bond donors (Lipinski definition) is 1. The van der Waals surface area contributed by atoms with Gasteiger partial charge in [0, 0.05) is 25.8 Å². The van der Waals surface area contributed by atoms with Crippen molar-refractivity contribution in [2.45, 2.75) is 38.6 Å². The number of ether oxygens (including phenoxy) is 2. The Balaban J connectivity index is 2.62. The quantitative estimate of drug-likeness (QED) is 0.774. The van der Waals surface area contributed by atoms with Crippen LogP contribution in [0, 0.1) is 11.6 Å². The Morgan fingerprint density at radius 2 is 1.63 bits per heavy atom. The van der Waals surface area contributed by atoms with E-state index in [4.69, 9.17) is 9.47 Å². The van der Waals surface area contributed by atoms with Gasteiger partial charge in [-0.1, -0.05) is 6.07 Å². The van der Waals surface area contributed by atoms with Crippen molar-refractivity contribution in [1.29, 1.82) is 0 Å². The van der Waals surface area contributed by atoms with E-state index in [0.29, 0.717) is 0 Å². The van der Waals surface area contributed by atoms with E-state index in [0.717, 1.165) is 0 Å². The maximum absolute atomic E-state index is 13.5. The summed E-state index contributed by atoms with van der Waals surface area (Å²) < 4.78 is 37.3. The highest BCUT2D eigenvalue weighted by Gasteiger charge is 2.19. The fourth-order valence-corrected chi connectivity index (χ4v) is 2.12. The molecule has 0 aliphatic rings. The van der Waals surface area contributed by atoms with Gasteiger partial charge in [0.2, 0.25) is 0 Å². The Morgan fingerprint density at radius 3 is 2.11 bits per heavy atom. The zero-order valence-electron chi connectivity index (χ0n) is 11.7. The number of benzene rings is 1. The van der Waals surface area contributed by atoms with Crippen molar-refractivity contribution in [2.75, 3.05) is 14.2 Å². The van der Waals surface area contributed by atoms with Gasteiger partial charge in [-0.05, 0) is 32.4 Å². The summed E-state index contributed by atoms with van der Waals surface area (Å²) in [5.74, 6) is -1.03. The first-order chi connectivity index (χ1) is 8.99. The standard InChI is InChI=1S/C14H21F2NO2/c1-9(17-10(2)14(18-3)19-4)8-11-12(15)6-5-7-13(11)16/h5-7,9-10,14,17H,8H2,1-4H3. The van der Waals surface area contributed by atoms with E-state index in [1.54, 1.807) is 14.2 Å². The highest BCUT2D eigenvalue weighted by Crippen LogP contribution is 2.14. The molecule has 1 aromatic rings. The molecule has 0 saturated carbocycles. The fraction of sp³-hybridized carbons (Fsp3) is 0.571. The minimum Gasteiger partial charge on any atom is -0.354 e. The summed E-state index contributed by atoms with van der Waals surface area (Å²) in [6.45, 7) is 3.76. The van der Waals surface area contributed by atoms with Crippen LogP contribution >= 0.6 is 0 Å². The monoisotopic (exact) mass is 273 g/mol. The summed E-state index contributed by atoms with van der Waals surface area (Å²) in [5.41, 5.74) is 0.0982. The molecule has 2 atom stereocenters. The average molecular weight is 273 g/mol. The molecule has 1 rings (SSSR count). The van der Waals surface area contributed by atoms with Crippen LogP contribution in [-0.2, 0) is 15.9 Å². The number of rotatable bonds is 7. The molecule has 0 saturated heterocycles. The number of hydrogen-bond acceptors (Lipinski definition) is 3. The average Bonchev–Trinajstić information content (AvgIpc) is 2.35. The molecule has 0 fully saturated rings. The van der Waals surface area contributed by atoms with Crippen LogP contribution in [0.5, 0.6) is 0 Å². The smallest absolute Gasteiger partial charge is 0.171 e. The lowest BCUT2D eigenvalue weighted by Gasteiger charge is -2.26. The second-order valence-electron chi connectivity index (χ2n) is 4.60. The summed E-state index contributed by atoms with van der Waals surface area (Å²) in [6.07, 6.45) is -0.129. The molecule has 19 heavy (non-hydrogen) atoms. The van der Waals surface area contributed by atoms with E-state index >= 15 is 0 Å². The predicted octanol–water partition coefficient (Wildman–Crippen LogP) is 2.49. The lowest BCUT2D eigenvalue weighted by Crippen LogP contribution is -2.44. The Morgan fingerprint density at radius 1 is 1.11 bits per heavy atom. The largest absolute Gasteiger partial charge is 0.354 e. The highest BCUT2D eigenvalue weighted by atomic mass is 19.1. The van der Waals surface area contributed by atoms with Crippen molar-refractivity contribution >= 4 is 0 Å². The minimum atomic E-state index is -0.517. The molecule has 0 radical (unpaired) electrons. The molecule has 1 N–H and O–H groups in total. The highest BCUT2D eigenvalue weighted by molar-refractivity contribution is 5.20. The van der Waals surface area contributed by atoms with E-state index < -0.39 is 17.9 Å². The maximum Gasteiger partial charge on any atom is 0.171 e. The summed E-state index contributed by atoms with van der Waals surface area (Å²) in [7, 11) is 3.10. The molecule has 0 aliphatic carbocycles. The van der Waals surface area contributed by atoms with Gasteiger partial charge in [-0.2, -0.15) is 0 Å². The lowest BCUT2D eigenvalue weighted by atomic mass is 10.1. The number of nitrogens with one attached hydrogen (secondary N) is 1. The summed E-state index contributed by atoms with van der Waals surface area (Å²) in [5, 5.41) is 3.20. The normalized spacial score (nSPS) is 14.7. The van der Waals surface area contributed by atoms with Crippen LogP contribution in [0.3, 0.4) is 0 Å². The summed E-state index contributed by atoms with van der Waals surface area (Å²) in [4.78, 5) is 0. The Hall–Kier alpha value is -1.04. The molecule has 1 aromatic carbocycles. The van der Waals surface area contributed by atoms with Crippen molar-refractivity contribution in [2.24, 2.45) is 0 Å². The van der Waals surface area contributed by atoms with Crippen LogP contribution in [0.2, 0.25) is 0 Å². The van der Waals surface area contributed by atoms with Gasteiger partial charge < -0.3 is 14.8 Å². The molecule has 0 heterocycles. The first-order valence-corrected chi connectivity index (χ1v) is 6.24. The third kappa shape index (κ3) is 4.53. The van der Waals surface area contributed by atoms with Gasteiger partial charge >= 0.3 is 0 Å². The molecular formula is C14H21F2NO2. The maximum atomic E-state index is 13.5. The molecule has 2 unspecified atom stereocenters. The molecule has 0 aliphatic heterocycles. The first kappa shape index (κ1) is 16.0. The first-order valence-electron chi connectivity index (χ1n) is 6.24. The molecule has 0 bridgehead atoms. The van der Waals surface area contributed by atoms with Crippen LogP contribution in [0.15, 0.2) is 18.2 Å². The van der Waals surface area contributed by atoms with Gasteiger partial charge in [-0.15, -0.1) is 0 Å². The minimum absolute atomic E-state index is 0.0835. The Labute approximate surface area is 112 Å². The van der Waals surface area contributed by atoms with Crippen LogP contribution in [0.25, 0.3) is 0 Å². The van der Waals surface area contributed by atoms with Gasteiger partial charge in [0.15, 0.2) is 6.29 Å². The zero-order valence-corrected chi connectivity index (χ0v) is 11.7. The third-order valence-corrected chi connectivity index (χ3v) is 2.99. The van der Waals surface area contributed by atoms with E-state index in [-0.39, 0.29) is 24.1 Å². The zero-order chi connectivity index (χ0) is 14.4.